The first kappa shape index (κ1) is 14.3. The molecule has 1 unspecified atom stereocenters. The van der Waals surface area contributed by atoms with Crippen LogP contribution in [0.3, 0.4) is 0 Å². The minimum atomic E-state index is 0.513. The molecule has 0 amide bonds. The molecule has 2 rings (SSSR count). The lowest BCUT2D eigenvalue weighted by Crippen LogP contribution is -2.50. The highest BCUT2D eigenvalue weighted by molar-refractivity contribution is 6.32. The maximum atomic E-state index is 6.23. The second-order valence-corrected chi connectivity index (χ2v) is 5.07. The predicted molar refractivity (Wildman–Crippen MR) is 78.9 cm³/mol. The van der Waals surface area contributed by atoms with Crippen LogP contribution in [0.15, 0.2) is 12.1 Å². The van der Waals surface area contributed by atoms with Crippen molar-refractivity contribution in [2.24, 2.45) is 0 Å². The lowest BCUT2D eigenvalue weighted by Gasteiger charge is -2.35. The molecule has 0 saturated carbocycles. The lowest BCUT2D eigenvalue weighted by molar-refractivity contribution is 0.390. The summed E-state index contributed by atoms with van der Waals surface area (Å²) in [6, 6.07) is 4.29. The number of hydrogen-bond donors (Lipinski definition) is 1. The van der Waals surface area contributed by atoms with E-state index in [0.29, 0.717) is 16.8 Å². The summed E-state index contributed by atoms with van der Waals surface area (Å²) in [7, 11) is 3.28. The molecule has 5 heteroatoms. The number of ether oxygens (including phenoxy) is 2. The van der Waals surface area contributed by atoms with Crippen molar-refractivity contribution >= 4 is 17.3 Å². The van der Waals surface area contributed by atoms with E-state index in [9.17, 15) is 0 Å². The third-order valence-corrected chi connectivity index (χ3v) is 3.84. The van der Waals surface area contributed by atoms with Gasteiger partial charge in [-0.15, -0.1) is 0 Å². The van der Waals surface area contributed by atoms with Gasteiger partial charge in [-0.05, 0) is 12.5 Å². The van der Waals surface area contributed by atoms with Crippen molar-refractivity contribution < 1.29 is 9.47 Å². The van der Waals surface area contributed by atoms with E-state index >= 15 is 0 Å². The molecule has 0 aliphatic carbocycles. The van der Waals surface area contributed by atoms with E-state index in [2.05, 4.69) is 17.1 Å². The number of piperazine rings is 1. The van der Waals surface area contributed by atoms with Gasteiger partial charge < -0.3 is 19.7 Å². The normalized spacial score (nSPS) is 19.4. The van der Waals surface area contributed by atoms with E-state index in [1.54, 1.807) is 14.2 Å². The highest BCUT2D eigenvalue weighted by atomic mass is 35.5. The first-order valence-electron chi connectivity index (χ1n) is 6.59. The number of rotatable bonds is 4. The zero-order valence-electron chi connectivity index (χ0n) is 11.7. The summed E-state index contributed by atoms with van der Waals surface area (Å²) in [5, 5.41) is 4.12. The third-order valence-electron chi connectivity index (χ3n) is 3.54. The molecule has 1 aromatic carbocycles. The Hall–Kier alpha value is -1.13. The van der Waals surface area contributed by atoms with Gasteiger partial charge in [-0.3, -0.25) is 0 Å². The molecule has 1 fully saturated rings. The summed E-state index contributed by atoms with van der Waals surface area (Å²) in [4.78, 5) is 2.31. The molecular formula is C14H21ClN2O2. The monoisotopic (exact) mass is 284 g/mol. The second kappa shape index (κ2) is 6.35. The van der Waals surface area contributed by atoms with Crippen LogP contribution in [0.25, 0.3) is 0 Å². The minimum absolute atomic E-state index is 0.513. The van der Waals surface area contributed by atoms with Gasteiger partial charge in [-0.2, -0.15) is 0 Å². The van der Waals surface area contributed by atoms with Crippen molar-refractivity contribution in [3.05, 3.63) is 17.2 Å². The minimum Gasteiger partial charge on any atom is -0.495 e. The van der Waals surface area contributed by atoms with Gasteiger partial charge in [0.05, 0.1) is 24.9 Å². The molecule has 0 aromatic heterocycles. The van der Waals surface area contributed by atoms with Crippen LogP contribution in [-0.2, 0) is 0 Å². The zero-order chi connectivity index (χ0) is 13.8. The fourth-order valence-corrected chi connectivity index (χ4v) is 2.64. The molecule has 0 bridgehead atoms. The number of methoxy groups -OCH3 is 2. The van der Waals surface area contributed by atoms with E-state index in [0.717, 1.165) is 37.5 Å². The third kappa shape index (κ3) is 3.07. The fraction of sp³-hybridized carbons (Fsp3) is 0.571. The van der Waals surface area contributed by atoms with Crippen LogP contribution >= 0.6 is 11.6 Å². The maximum absolute atomic E-state index is 6.23. The average Bonchev–Trinajstić information content (AvgIpc) is 2.47. The fourth-order valence-electron chi connectivity index (χ4n) is 2.41. The SMILES string of the molecule is CCC1CN(c2cc(Cl)c(OC)cc2OC)CCN1. The summed E-state index contributed by atoms with van der Waals surface area (Å²) in [6.07, 6.45) is 1.11. The van der Waals surface area contributed by atoms with Crippen molar-refractivity contribution in [1.82, 2.24) is 5.32 Å². The van der Waals surface area contributed by atoms with Gasteiger partial charge in [0.1, 0.15) is 11.5 Å². The quantitative estimate of drug-likeness (QED) is 0.921. The molecule has 1 aliphatic rings. The van der Waals surface area contributed by atoms with Gasteiger partial charge in [0.25, 0.3) is 0 Å². The summed E-state index contributed by atoms with van der Waals surface area (Å²) >= 11 is 6.23. The van der Waals surface area contributed by atoms with Gasteiger partial charge in [0.2, 0.25) is 0 Å². The van der Waals surface area contributed by atoms with Gasteiger partial charge in [-0.25, -0.2) is 0 Å². The van der Waals surface area contributed by atoms with Crippen LogP contribution in [0, 0.1) is 0 Å². The maximum Gasteiger partial charge on any atom is 0.145 e. The Bertz CT molecular complexity index is 440. The largest absolute Gasteiger partial charge is 0.495 e. The lowest BCUT2D eigenvalue weighted by atomic mass is 10.1. The van der Waals surface area contributed by atoms with Crippen molar-refractivity contribution in [3.8, 4) is 11.5 Å². The number of benzene rings is 1. The highest BCUT2D eigenvalue weighted by Gasteiger charge is 2.22. The van der Waals surface area contributed by atoms with Crippen LogP contribution in [-0.4, -0.2) is 39.9 Å². The molecule has 0 spiro atoms. The Labute approximate surface area is 119 Å². The van der Waals surface area contributed by atoms with E-state index in [1.165, 1.54) is 0 Å². The first-order valence-corrected chi connectivity index (χ1v) is 6.97. The van der Waals surface area contributed by atoms with Crippen molar-refractivity contribution in [2.45, 2.75) is 19.4 Å². The van der Waals surface area contributed by atoms with Gasteiger partial charge in [0.15, 0.2) is 0 Å². The molecule has 1 atom stereocenters. The number of halogens is 1. The Morgan fingerprint density at radius 2 is 2.05 bits per heavy atom. The standard InChI is InChI=1S/C14H21ClN2O2/c1-4-10-9-17(6-5-16-10)12-7-11(15)13(18-2)8-14(12)19-3/h7-8,10,16H,4-6,9H2,1-3H3. The summed E-state index contributed by atoms with van der Waals surface area (Å²) in [5.41, 5.74) is 1.04. The zero-order valence-corrected chi connectivity index (χ0v) is 12.5. The van der Waals surface area contributed by atoms with Gasteiger partial charge >= 0.3 is 0 Å². The summed E-state index contributed by atoms with van der Waals surface area (Å²) < 4.78 is 10.7. The number of nitrogens with one attached hydrogen (secondary N) is 1. The molecule has 106 valence electrons. The molecule has 4 nitrogen and oxygen atoms in total. The smallest absolute Gasteiger partial charge is 0.145 e. The average molecular weight is 285 g/mol. The molecule has 19 heavy (non-hydrogen) atoms. The van der Waals surface area contributed by atoms with Crippen LogP contribution in [0.2, 0.25) is 5.02 Å². The number of hydrogen-bond acceptors (Lipinski definition) is 4. The predicted octanol–water partition coefficient (Wildman–Crippen LogP) is 2.55. The highest BCUT2D eigenvalue weighted by Crippen LogP contribution is 2.38. The molecule has 1 aromatic rings. The van der Waals surface area contributed by atoms with E-state index < -0.39 is 0 Å². The van der Waals surface area contributed by atoms with Crippen LogP contribution in [0.5, 0.6) is 11.5 Å². The van der Waals surface area contributed by atoms with E-state index in [-0.39, 0.29) is 0 Å². The van der Waals surface area contributed by atoms with Crippen molar-refractivity contribution in [2.75, 3.05) is 38.8 Å². The second-order valence-electron chi connectivity index (χ2n) is 4.66. The van der Waals surface area contributed by atoms with Crippen LogP contribution in [0.1, 0.15) is 13.3 Å². The van der Waals surface area contributed by atoms with E-state index in [1.807, 2.05) is 12.1 Å². The first-order chi connectivity index (χ1) is 9.19. The van der Waals surface area contributed by atoms with Gasteiger partial charge in [0, 0.05) is 31.7 Å². The Kier molecular flexibility index (Phi) is 4.77. The summed E-state index contributed by atoms with van der Waals surface area (Å²) in [5.74, 6) is 1.45. The number of anilines is 1. The topological polar surface area (TPSA) is 33.7 Å². The Morgan fingerprint density at radius 1 is 1.32 bits per heavy atom. The van der Waals surface area contributed by atoms with Gasteiger partial charge in [-0.1, -0.05) is 18.5 Å². The van der Waals surface area contributed by atoms with Crippen LogP contribution in [0.4, 0.5) is 5.69 Å². The van der Waals surface area contributed by atoms with Crippen molar-refractivity contribution in [3.63, 3.8) is 0 Å². The Balaban J connectivity index is 2.30. The number of nitrogens with zero attached hydrogens (tertiary/aromatic N) is 1. The molecule has 1 saturated heterocycles. The Morgan fingerprint density at radius 3 is 2.68 bits per heavy atom. The molecule has 1 heterocycles. The summed E-state index contributed by atoms with van der Waals surface area (Å²) in [6.45, 7) is 5.09. The van der Waals surface area contributed by atoms with Crippen LogP contribution < -0.4 is 19.7 Å². The van der Waals surface area contributed by atoms with E-state index in [4.69, 9.17) is 21.1 Å². The molecule has 1 aliphatic heterocycles. The molecule has 1 N–H and O–H groups in total. The molecule has 0 radical (unpaired) electrons. The van der Waals surface area contributed by atoms with Crippen molar-refractivity contribution in [1.29, 1.82) is 0 Å². The molecular weight excluding hydrogens is 264 g/mol.